The van der Waals surface area contributed by atoms with Crippen molar-refractivity contribution in [2.75, 3.05) is 19.6 Å². The summed E-state index contributed by atoms with van der Waals surface area (Å²) >= 11 is 0. The Balaban J connectivity index is 1.94. The molecule has 170 valence electrons. The normalized spacial score (nSPS) is 21.0. The molecule has 0 unspecified atom stereocenters. The lowest BCUT2D eigenvalue weighted by Crippen LogP contribution is -2.57. The van der Waals surface area contributed by atoms with E-state index >= 15 is 0 Å². The first-order valence-electron chi connectivity index (χ1n) is 9.54. The number of piperidine rings is 1. The number of carbonyl (C=O) groups is 3. The number of nitrogens with zero attached hydrogens (tertiary/aromatic N) is 3. The number of urea groups is 1. The Hall–Kier alpha value is -2.38. The Kier molecular flexibility index (Phi) is 7.31. The fraction of sp³-hybridized carbons (Fsp3) is 0.706. The zero-order chi connectivity index (χ0) is 22.7. The van der Waals surface area contributed by atoms with E-state index in [1.807, 2.05) is 0 Å². The van der Waals surface area contributed by atoms with E-state index < -0.39 is 40.1 Å². The molecule has 2 aliphatic rings. The molecule has 0 radical (unpaired) electrons. The van der Waals surface area contributed by atoms with Crippen LogP contribution in [0, 0.1) is 0 Å². The highest BCUT2D eigenvalue weighted by Gasteiger charge is 2.37. The molecule has 1 atom stereocenters. The number of rotatable bonds is 5. The lowest BCUT2D eigenvalue weighted by Gasteiger charge is -2.36. The molecule has 0 saturated carbocycles. The fourth-order valence-electron chi connectivity index (χ4n) is 3.11. The van der Waals surface area contributed by atoms with Gasteiger partial charge in [0, 0.05) is 31.9 Å². The zero-order valence-electron chi connectivity index (χ0n) is 17.4. The maximum absolute atomic E-state index is 12.7. The third-order valence-corrected chi connectivity index (χ3v) is 4.80. The summed E-state index contributed by atoms with van der Waals surface area (Å²) in [5, 5.41) is 3.19. The predicted molar refractivity (Wildman–Crippen MR) is 104 cm³/mol. The fourth-order valence-corrected chi connectivity index (χ4v) is 3.43. The molecule has 30 heavy (non-hydrogen) atoms. The van der Waals surface area contributed by atoms with Crippen LogP contribution >= 0.6 is 0 Å². The van der Waals surface area contributed by atoms with E-state index in [4.69, 9.17) is 9.29 Å². The second-order valence-electron chi connectivity index (χ2n) is 7.93. The number of likely N-dealkylation sites (tertiary alicyclic amines) is 1. The van der Waals surface area contributed by atoms with Gasteiger partial charge in [0.15, 0.2) is 0 Å². The van der Waals surface area contributed by atoms with Crippen LogP contribution in [-0.2, 0) is 24.2 Å². The third kappa shape index (κ3) is 6.57. The monoisotopic (exact) mass is 448 g/mol. The topological polar surface area (TPSA) is 146 Å². The average molecular weight is 448 g/mol. The van der Waals surface area contributed by atoms with Crippen LogP contribution in [0.2, 0.25) is 0 Å². The van der Waals surface area contributed by atoms with Gasteiger partial charge >= 0.3 is 22.5 Å². The standard InChI is InChI=1S/C17H28N4O8S/c1-5-20-13(8-11-21(15(20)23)29-30(25,26)27)14(22)18-12-6-9-19(10-7-12)16(24)28-17(2,3)4/h8,11-13H,5-7,9-10H2,1-4H3,(H,18,22)(H,25,26,27)/t13-/m0/s1. The molecular weight excluding hydrogens is 420 g/mol. The van der Waals surface area contributed by atoms with E-state index in [0.717, 1.165) is 11.1 Å². The number of hydrogen-bond acceptors (Lipinski definition) is 7. The molecule has 0 aromatic heterocycles. The number of hydroxylamine groups is 2. The van der Waals surface area contributed by atoms with Gasteiger partial charge in [-0.3, -0.25) is 9.35 Å². The maximum Gasteiger partial charge on any atom is 0.419 e. The van der Waals surface area contributed by atoms with Crippen LogP contribution in [0.5, 0.6) is 0 Å². The summed E-state index contributed by atoms with van der Waals surface area (Å²) in [7, 11) is -4.89. The van der Waals surface area contributed by atoms with E-state index in [1.165, 1.54) is 6.08 Å². The van der Waals surface area contributed by atoms with Crippen molar-refractivity contribution >= 4 is 28.4 Å². The lowest BCUT2D eigenvalue weighted by molar-refractivity contribution is -0.126. The van der Waals surface area contributed by atoms with E-state index in [9.17, 15) is 22.8 Å². The van der Waals surface area contributed by atoms with Gasteiger partial charge in [0.05, 0.1) is 0 Å². The van der Waals surface area contributed by atoms with Crippen molar-refractivity contribution in [3.63, 3.8) is 0 Å². The second-order valence-corrected chi connectivity index (χ2v) is 8.94. The lowest BCUT2D eigenvalue weighted by atomic mass is 10.0. The van der Waals surface area contributed by atoms with E-state index in [-0.39, 0.29) is 12.6 Å². The summed E-state index contributed by atoms with van der Waals surface area (Å²) in [5.74, 6) is -0.441. The van der Waals surface area contributed by atoms with Crippen LogP contribution < -0.4 is 5.32 Å². The van der Waals surface area contributed by atoms with Crippen molar-refractivity contribution in [2.24, 2.45) is 0 Å². The smallest absolute Gasteiger partial charge is 0.419 e. The minimum atomic E-state index is -4.89. The van der Waals surface area contributed by atoms with Crippen molar-refractivity contribution in [1.82, 2.24) is 20.2 Å². The Morgan fingerprint density at radius 3 is 2.37 bits per heavy atom. The minimum absolute atomic E-state index is 0.101. The molecule has 1 fully saturated rings. The van der Waals surface area contributed by atoms with Gasteiger partial charge in [-0.1, -0.05) is 0 Å². The number of nitrogens with one attached hydrogen (secondary N) is 1. The largest absolute Gasteiger partial charge is 0.444 e. The molecule has 0 bridgehead atoms. The SMILES string of the molecule is CCN1C(=O)N(OS(=O)(=O)O)C=C[C@H]1C(=O)NC1CCN(C(=O)OC(C)(C)C)CC1. The molecule has 2 heterocycles. The Morgan fingerprint density at radius 1 is 1.27 bits per heavy atom. The molecule has 0 aromatic rings. The first kappa shape index (κ1) is 23.9. The van der Waals surface area contributed by atoms with Gasteiger partial charge in [-0.15, -0.1) is 4.28 Å². The molecule has 0 spiro atoms. The van der Waals surface area contributed by atoms with Crippen molar-refractivity contribution in [2.45, 2.75) is 58.2 Å². The molecule has 13 heteroatoms. The minimum Gasteiger partial charge on any atom is -0.444 e. The van der Waals surface area contributed by atoms with E-state index in [2.05, 4.69) is 9.60 Å². The number of hydrogen-bond donors (Lipinski definition) is 2. The predicted octanol–water partition coefficient (Wildman–Crippen LogP) is 0.876. The van der Waals surface area contributed by atoms with Gasteiger partial charge in [0.1, 0.15) is 11.6 Å². The molecule has 0 aliphatic carbocycles. The van der Waals surface area contributed by atoms with Crippen LogP contribution in [0.3, 0.4) is 0 Å². The summed E-state index contributed by atoms with van der Waals surface area (Å²) < 4.78 is 39.9. The summed E-state index contributed by atoms with van der Waals surface area (Å²) in [6.45, 7) is 7.93. The Morgan fingerprint density at radius 2 is 1.87 bits per heavy atom. The van der Waals surface area contributed by atoms with Crippen molar-refractivity contribution in [3.8, 4) is 0 Å². The molecule has 0 aromatic carbocycles. The number of amides is 4. The maximum atomic E-state index is 12.7. The van der Waals surface area contributed by atoms with Crippen molar-refractivity contribution < 1.29 is 36.4 Å². The molecule has 4 amide bonds. The molecule has 1 saturated heterocycles. The van der Waals surface area contributed by atoms with Crippen LogP contribution in [0.1, 0.15) is 40.5 Å². The van der Waals surface area contributed by atoms with Gasteiger partial charge in [-0.25, -0.2) is 9.59 Å². The summed E-state index contributed by atoms with van der Waals surface area (Å²) in [4.78, 5) is 39.8. The number of carbonyl (C=O) groups excluding carboxylic acids is 3. The summed E-state index contributed by atoms with van der Waals surface area (Å²) in [6.07, 6.45) is 2.92. The molecule has 2 rings (SSSR count). The van der Waals surface area contributed by atoms with E-state index in [0.29, 0.717) is 31.0 Å². The van der Waals surface area contributed by atoms with Crippen molar-refractivity contribution in [3.05, 3.63) is 12.3 Å². The number of likely N-dealkylation sites (N-methyl/N-ethyl adjacent to an activating group) is 1. The van der Waals surface area contributed by atoms with Gasteiger partial charge in [-0.2, -0.15) is 13.5 Å². The zero-order valence-corrected chi connectivity index (χ0v) is 18.2. The van der Waals surface area contributed by atoms with Crippen molar-refractivity contribution in [1.29, 1.82) is 0 Å². The van der Waals surface area contributed by atoms with Crippen LogP contribution in [0.25, 0.3) is 0 Å². The highest BCUT2D eigenvalue weighted by atomic mass is 32.3. The Bertz CT molecular complexity index is 799. The first-order chi connectivity index (χ1) is 13.8. The van der Waals surface area contributed by atoms with Gasteiger partial charge in [0.25, 0.3) is 0 Å². The molecular formula is C17H28N4O8S. The molecule has 2 aliphatic heterocycles. The number of ether oxygens (including phenoxy) is 1. The van der Waals surface area contributed by atoms with Gasteiger partial charge in [0.2, 0.25) is 5.91 Å². The van der Waals surface area contributed by atoms with Crippen LogP contribution in [0.4, 0.5) is 9.59 Å². The van der Waals surface area contributed by atoms with Gasteiger partial charge < -0.3 is 19.9 Å². The highest BCUT2D eigenvalue weighted by Crippen LogP contribution is 2.18. The van der Waals surface area contributed by atoms with Crippen LogP contribution in [-0.4, -0.2) is 83.2 Å². The Labute approximate surface area is 175 Å². The average Bonchev–Trinajstić information content (AvgIpc) is 2.61. The highest BCUT2D eigenvalue weighted by molar-refractivity contribution is 7.80. The van der Waals surface area contributed by atoms with Gasteiger partial charge in [-0.05, 0) is 46.6 Å². The third-order valence-electron chi connectivity index (χ3n) is 4.45. The van der Waals surface area contributed by atoms with E-state index in [1.54, 1.807) is 32.6 Å². The molecule has 2 N–H and O–H groups in total. The first-order valence-corrected chi connectivity index (χ1v) is 10.9. The summed E-state index contributed by atoms with van der Waals surface area (Å²) in [6, 6.07) is -2.06. The summed E-state index contributed by atoms with van der Waals surface area (Å²) in [5.41, 5.74) is -0.585. The quantitative estimate of drug-likeness (QED) is 0.589. The van der Waals surface area contributed by atoms with Crippen LogP contribution in [0.15, 0.2) is 12.3 Å². The second kappa shape index (κ2) is 9.18. The molecule has 12 nitrogen and oxygen atoms in total.